The molecule has 37 heavy (non-hydrogen) atoms. The molecule has 1 saturated heterocycles. The third-order valence-corrected chi connectivity index (χ3v) is 7.83. The van der Waals surface area contributed by atoms with E-state index >= 15 is 0 Å². The molecule has 3 heterocycles. The van der Waals surface area contributed by atoms with Crippen LogP contribution in [0.2, 0.25) is 0 Å². The number of amides is 1. The summed E-state index contributed by atoms with van der Waals surface area (Å²) in [5.41, 5.74) is -1.42. The molecule has 14 nitrogen and oxygen atoms in total. The van der Waals surface area contributed by atoms with Gasteiger partial charge in [0.1, 0.15) is 16.9 Å². The maximum Gasteiger partial charge on any atom is 0.345 e. The molecule has 1 amide bonds. The van der Waals surface area contributed by atoms with Crippen molar-refractivity contribution >= 4 is 32.8 Å². The van der Waals surface area contributed by atoms with Crippen LogP contribution in [0, 0.1) is 13.8 Å². The highest BCUT2D eigenvalue weighted by Crippen LogP contribution is 2.23. The first-order chi connectivity index (χ1) is 17.6. The first kappa shape index (κ1) is 26.7. The molecular formula is C22H30N8O6S. The van der Waals surface area contributed by atoms with E-state index in [2.05, 4.69) is 41.3 Å². The van der Waals surface area contributed by atoms with E-state index in [4.69, 9.17) is 4.52 Å². The lowest BCUT2D eigenvalue weighted by molar-refractivity contribution is -0.145. The van der Waals surface area contributed by atoms with E-state index in [1.165, 1.54) is 32.2 Å². The summed E-state index contributed by atoms with van der Waals surface area (Å²) >= 11 is 0. The van der Waals surface area contributed by atoms with Gasteiger partial charge in [-0.15, -0.1) is 0 Å². The molecule has 200 valence electrons. The van der Waals surface area contributed by atoms with Crippen molar-refractivity contribution in [2.24, 2.45) is 0 Å². The van der Waals surface area contributed by atoms with Crippen molar-refractivity contribution in [3.63, 3.8) is 0 Å². The van der Waals surface area contributed by atoms with Crippen LogP contribution in [0.15, 0.2) is 33.8 Å². The predicted molar refractivity (Wildman–Crippen MR) is 132 cm³/mol. The van der Waals surface area contributed by atoms with Gasteiger partial charge in [-0.2, -0.15) is 9.82 Å². The Morgan fingerprint density at radius 2 is 1.97 bits per heavy atom. The average Bonchev–Trinajstić information content (AvgIpc) is 3.59. The fourth-order valence-corrected chi connectivity index (χ4v) is 5.89. The lowest BCUT2D eigenvalue weighted by atomic mass is 10.0. The molecule has 1 aliphatic heterocycles. The molecule has 4 rings (SSSR count). The highest BCUT2D eigenvalue weighted by atomic mass is 32.2. The maximum atomic E-state index is 13.3. The van der Waals surface area contributed by atoms with E-state index in [1.807, 2.05) is 0 Å². The Labute approximate surface area is 213 Å². The summed E-state index contributed by atoms with van der Waals surface area (Å²) in [7, 11) is -4.44. The second-order valence-electron chi connectivity index (χ2n) is 8.85. The topological polar surface area (TPSA) is 203 Å². The number of carboxylic acids is 1. The fraction of sp³-hybridized carbons (Fsp3) is 0.455. The smallest absolute Gasteiger partial charge is 0.345 e. The zero-order chi connectivity index (χ0) is 26.6. The van der Waals surface area contributed by atoms with Crippen molar-refractivity contribution in [3.8, 4) is 0 Å². The summed E-state index contributed by atoms with van der Waals surface area (Å²) in [6.45, 7) is 5.05. The SMILES string of the molecule is Cc1noc(C)c1S(=O)(=O)NC(CCCCNC1NCCN1)(NC(=O)c1ccc2[nH]ncc2c1)C(=O)O. The van der Waals surface area contributed by atoms with E-state index in [-0.39, 0.29) is 41.0 Å². The highest BCUT2D eigenvalue weighted by molar-refractivity contribution is 7.89. The van der Waals surface area contributed by atoms with Gasteiger partial charge >= 0.3 is 5.97 Å². The number of carboxylic acid groups (broad SMARTS) is 1. The monoisotopic (exact) mass is 534 g/mol. The number of carbonyl (C=O) groups is 2. The molecule has 0 radical (unpaired) electrons. The van der Waals surface area contributed by atoms with Gasteiger partial charge in [-0.25, -0.2) is 13.2 Å². The Hall–Kier alpha value is -3.37. The molecule has 1 aliphatic rings. The molecule has 3 aromatic rings. The van der Waals surface area contributed by atoms with Crippen molar-refractivity contribution in [2.75, 3.05) is 19.6 Å². The van der Waals surface area contributed by atoms with E-state index in [9.17, 15) is 23.1 Å². The minimum atomic E-state index is -4.44. The van der Waals surface area contributed by atoms with E-state index in [0.717, 1.165) is 13.1 Å². The van der Waals surface area contributed by atoms with Crippen LogP contribution < -0.4 is 26.0 Å². The number of rotatable bonds is 12. The third-order valence-electron chi connectivity index (χ3n) is 6.09. The molecule has 7 N–H and O–H groups in total. The molecule has 0 spiro atoms. The molecule has 1 atom stereocenters. The summed E-state index contributed by atoms with van der Waals surface area (Å²) in [5, 5.41) is 33.3. The van der Waals surface area contributed by atoms with Crippen LogP contribution in [-0.4, -0.2) is 72.3 Å². The molecule has 0 aliphatic carbocycles. The second-order valence-corrected chi connectivity index (χ2v) is 10.5. The van der Waals surface area contributed by atoms with Gasteiger partial charge in [-0.1, -0.05) is 5.16 Å². The first-order valence-electron chi connectivity index (χ1n) is 11.8. The van der Waals surface area contributed by atoms with Crippen LogP contribution in [0.25, 0.3) is 10.9 Å². The van der Waals surface area contributed by atoms with Crippen molar-refractivity contribution in [3.05, 3.63) is 41.4 Å². The lowest BCUT2D eigenvalue weighted by Crippen LogP contribution is -2.65. The number of unbranched alkanes of at least 4 members (excludes halogenated alkanes) is 1. The average molecular weight is 535 g/mol. The normalized spacial score (nSPS) is 16.2. The maximum absolute atomic E-state index is 13.3. The van der Waals surface area contributed by atoms with Gasteiger partial charge in [0.15, 0.2) is 5.76 Å². The first-order valence-corrected chi connectivity index (χ1v) is 13.3. The third kappa shape index (κ3) is 5.97. The summed E-state index contributed by atoms with van der Waals surface area (Å²) in [5.74, 6) is -2.31. The number of H-pyrrole nitrogens is 1. The van der Waals surface area contributed by atoms with Crippen molar-refractivity contribution < 1.29 is 27.6 Å². The number of nitrogens with zero attached hydrogens (tertiary/aromatic N) is 2. The number of sulfonamides is 1. The van der Waals surface area contributed by atoms with Gasteiger partial charge in [0.05, 0.1) is 11.7 Å². The summed E-state index contributed by atoms with van der Waals surface area (Å²) in [4.78, 5) is 25.5. The van der Waals surface area contributed by atoms with Gasteiger partial charge in [0.25, 0.3) is 5.91 Å². The molecule has 15 heteroatoms. The number of benzene rings is 1. The number of hydrogen-bond donors (Lipinski definition) is 7. The summed E-state index contributed by atoms with van der Waals surface area (Å²) in [6.07, 6.45) is 2.09. The molecule has 2 aromatic heterocycles. The van der Waals surface area contributed by atoms with Crippen LogP contribution in [-0.2, 0) is 14.8 Å². The standard InChI is InChI=1S/C22H30N8O6S/c1-13-18(14(2)36-29-13)37(34,35)30-22(20(32)33,7-3-4-8-23-21-24-9-10-25-21)27-19(31)15-5-6-17-16(11-15)12-26-28-17/h5-6,11-12,21,23-25,30H,3-4,7-10H2,1-2H3,(H,26,28)(H,27,31)(H,32,33). The summed E-state index contributed by atoms with van der Waals surface area (Å²) < 4.78 is 33.8. The highest BCUT2D eigenvalue weighted by Gasteiger charge is 2.45. The molecule has 1 fully saturated rings. The largest absolute Gasteiger partial charge is 0.478 e. The number of hydrogen-bond acceptors (Lipinski definition) is 10. The predicted octanol–water partition coefficient (Wildman–Crippen LogP) is -0.107. The molecule has 0 saturated carbocycles. The Kier molecular flexibility index (Phi) is 7.89. The van der Waals surface area contributed by atoms with Gasteiger partial charge < -0.3 is 14.9 Å². The number of aliphatic carboxylic acids is 1. The number of nitrogens with one attached hydrogen (secondary N) is 6. The molecule has 1 aromatic carbocycles. The van der Waals surface area contributed by atoms with E-state index in [1.54, 1.807) is 6.07 Å². The Morgan fingerprint density at radius 1 is 1.22 bits per heavy atom. The van der Waals surface area contributed by atoms with Crippen LogP contribution in [0.4, 0.5) is 0 Å². The van der Waals surface area contributed by atoms with Crippen molar-refractivity contribution in [2.45, 2.75) is 50.0 Å². The molecular weight excluding hydrogens is 504 g/mol. The quantitative estimate of drug-likeness (QED) is 0.121. The second kappa shape index (κ2) is 10.9. The van der Waals surface area contributed by atoms with E-state index < -0.39 is 27.6 Å². The van der Waals surface area contributed by atoms with Gasteiger partial charge in [0.2, 0.25) is 15.7 Å². The van der Waals surface area contributed by atoms with Crippen LogP contribution in [0.1, 0.15) is 41.1 Å². The van der Waals surface area contributed by atoms with Gasteiger partial charge in [0, 0.05) is 24.0 Å². The Morgan fingerprint density at radius 3 is 2.65 bits per heavy atom. The Bertz CT molecular complexity index is 1360. The summed E-state index contributed by atoms with van der Waals surface area (Å²) in [6, 6.07) is 4.66. The minimum absolute atomic E-state index is 0.00166. The minimum Gasteiger partial charge on any atom is -0.478 e. The van der Waals surface area contributed by atoms with Crippen LogP contribution in [0.5, 0.6) is 0 Å². The van der Waals surface area contributed by atoms with Gasteiger partial charge in [-0.3, -0.25) is 25.8 Å². The zero-order valence-corrected chi connectivity index (χ0v) is 21.2. The fourth-order valence-electron chi connectivity index (χ4n) is 4.24. The number of fused-ring (bicyclic) bond motifs is 1. The number of aromatic amines is 1. The zero-order valence-electron chi connectivity index (χ0n) is 20.4. The van der Waals surface area contributed by atoms with Crippen molar-refractivity contribution in [1.29, 1.82) is 0 Å². The van der Waals surface area contributed by atoms with Crippen molar-refractivity contribution in [1.82, 2.24) is 41.3 Å². The van der Waals surface area contributed by atoms with Crippen LogP contribution >= 0.6 is 0 Å². The van der Waals surface area contributed by atoms with Crippen LogP contribution in [0.3, 0.4) is 0 Å². The Balaban J connectivity index is 1.57. The number of aromatic nitrogens is 3. The molecule has 0 bridgehead atoms. The van der Waals surface area contributed by atoms with Gasteiger partial charge in [-0.05, 0) is 57.9 Å². The van der Waals surface area contributed by atoms with E-state index in [0.29, 0.717) is 23.9 Å². The molecule has 1 unspecified atom stereocenters. The number of aryl methyl sites for hydroxylation is 2. The number of carbonyl (C=O) groups excluding carboxylic acids is 1. The lowest BCUT2D eigenvalue weighted by Gasteiger charge is -2.31.